The molecule has 2 aromatic rings. The van der Waals surface area contributed by atoms with Crippen molar-refractivity contribution in [3.05, 3.63) is 23.7 Å². The summed E-state index contributed by atoms with van der Waals surface area (Å²) in [6, 6.07) is 0.234. The van der Waals surface area contributed by atoms with Gasteiger partial charge in [0.15, 0.2) is 0 Å². The van der Waals surface area contributed by atoms with Crippen LogP contribution in [0.25, 0.3) is 11.3 Å². The number of anilines is 1. The van der Waals surface area contributed by atoms with E-state index in [1.807, 2.05) is 11.8 Å². The maximum Gasteiger partial charge on any atom is 0.327 e. The van der Waals surface area contributed by atoms with Gasteiger partial charge in [0.1, 0.15) is 12.2 Å². The molecule has 7 nitrogen and oxygen atoms in total. The Labute approximate surface area is 149 Å². The van der Waals surface area contributed by atoms with Crippen molar-refractivity contribution in [3.8, 4) is 11.3 Å². The minimum Gasteiger partial charge on any atom is -0.468 e. The molecule has 0 aromatic carbocycles. The quantitative estimate of drug-likeness (QED) is 0.775. The smallest absolute Gasteiger partial charge is 0.327 e. The Morgan fingerprint density at radius 3 is 2.88 bits per heavy atom. The van der Waals surface area contributed by atoms with Crippen LogP contribution in [0, 0.1) is 0 Å². The fourth-order valence-corrected chi connectivity index (χ4v) is 3.36. The van der Waals surface area contributed by atoms with E-state index in [4.69, 9.17) is 0 Å². The van der Waals surface area contributed by atoms with Crippen LogP contribution in [0.15, 0.2) is 12.4 Å². The molecule has 1 aliphatic heterocycles. The van der Waals surface area contributed by atoms with Crippen molar-refractivity contribution >= 4 is 11.9 Å². The third-order valence-electron chi connectivity index (χ3n) is 5.03. The summed E-state index contributed by atoms with van der Waals surface area (Å²) in [6.45, 7) is 2.73. The highest BCUT2D eigenvalue weighted by Crippen LogP contribution is 2.44. The number of alkyl halides is 2. The van der Waals surface area contributed by atoms with Crippen LogP contribution in [0.3, 0.4) is 0 Å². The number of hydrogen-bond acceptors (Lipinski definition) is 6. The van der Waals surface area contributed by atoms with E-state index in [0.717, 1.165) is 13.0 Å². The molecule has 0 unspecified atom stereocenters. The predicted molar refractivity (Wildman–Crippen MR) is 88.9 cm³/mol. The zero-order chi connectivity index (χ0) is 18.5. The molecule has 1 aliphatic carbocycles. The van der Waals surface area contributed by atoms with E-state index in [-0.39, 0.29) is 31.1 Å². The molecule has 0 spiro atoms. The molecule has 0 radical (unpaired) electrons. The van der Waals surface area contributed by atoms with Crippen molar-refractivity contribution in [2.75, 3.05) is 18.6 Å². The van der Waals surface area contributed by atoms with Gasteiger partial charge in [-0.2, -0.15) is 13.9 Å². The molecule has 2 aliphatic rings. The Kier molecular flexibility index (Phi) is 3.89. The highest BCUT2D eigenvalue weighted by atomic mass is 19.3. The maximum absolute atomic E-state index is 14.3. The number of aromatic nitrogens is 4. The Morgan fingerprint density at radius 1 is 1.42 bits per heavy atom. The summed E-state index contributed by atoms with van der Waals surface area (Å²) in [4.78, 5) is 22.1. The average molecular weight is 363 g/mol. The number of esters is 1. The lowest BCUT2D eigenvalue weighted by Gasteiger charge is -2.39. The van der Waals surface area contributed by atoms with E-state index in [9.17, 15) is 13.6 Å². The number of rotatable bonds is 4. The Hall–Kier alpha value is -2.58. The second kappa shape index (κ2) is 6.00. The maximum atomic E-state index is 14.3. The normalized spacial score (nSPS) is 20.6. The largest absolute Gasteiger partial charge is 0.468 e. The van der Waals surface area contributed by atoms with E-state index in [1.54, 1.807) is 6.20 Å². The van der Waals surface area contributed by atoms with E-state index < -0.39 is 11.9 Å². The number of carbonyl (C=O) groups is 1. The number of fused-ring (bicyclic) bond motifs is 1. The second-order valence-corrected chi connectivity index (χ2v) is 6.74. The van der Waals surface area contributed by atoms with Crippen LogP contribution in [-0.2, 0) is 28.4 Å². The van der Waals surface area contributed by atoms with Crippen molar-refractivity contribution in [3.63, 3.8) is 0 Å². The van der Waals surface area contributed by atoms with Crippen molar-refractivity contribution in [2.45, 2.75) is 44.7 Å². The van der Waals surface area contributed by atoms with Gasteiger partial charge in [-0.1, -0.05) is 0 Å². The standard InChI is InChI=1S/C17H19F2N5O2/c1-10-4-6-24(10)16-21-14(12-3-5-17(18,19)15(12)22-16)11-7-20-23(8-11)9-13(25)26-2/h7-8,10H,3-6,9H2,1-2H3/t10-/m0/s1. The molecule has 0 bridgehead atoms. The molecule has 0 N–H and O–H groups in total. The minimum absolute atomic E-state index is 0.0457. The first-order valence-electron chi connectivity index (χ1n) is 8.54. The van der Waals surface area contributed by atoms with Gasteiger partial charge in [0.2, 0.25) is 5.95 Å². The van der Waals surface area contributed by atoms with Crippen LogP contribution >= 0.6 is 0 Å². The highest BCUT2D eigenvalue weighted by molar-refractivity contribution is 5.70. The molecule has 3 heterocycles. The molecule has 26 heavy (non-hydrogen) atoms. The van der Waals surface area contributed by atoms with Crippen molar-refractivity contribution < 1.29 is 18.3 Å². The summed E-state index contributed by atoms with van der Waals surface area (Å²) < 4.78 is 34.7. The first-order valence-corrected chi connectivity index (χ1v) is 8.54. The average Bonchev–Trinajstić information content (AvgIpc) is 3.18. The third kappa shape index (κ3) is 2.71. The van der Waals surface area contributed by atoms with Gasteiger partial charge in [-0.05, 0) is 19.8 Å². The van der Waals surface area contributed by atoms with Crippen LogP contribution in [0.4, 0.5) is 14.7 Å². The number of nitrogens with zero attached hydrogens (tertiary/aromatic N) is 5. The van der Waals surface area contributed by atoms with Gasteiger partial charge in [-0.15, -0.1) is 0 Å². The SMILES string of the molecule is COC(=O)Cn1cc(-c2nc(N3CC[C@@H]3C)nc3c2CCC3(F)F)cn1. The van der Waals surface area contributed by atoms with Crippen molar-refractivity contribution in [1.29, 1.82) is 0 Å². The van der Waals surface area contributed by atoms with E-state index in [1.165, 1.54) is 18.0 Å². The monoisotopic (exact) mass is 363 g/mol. The van der Waals surface area contributed by atoms with Crippen LogP contribution in [0.5, 0.6) is 0 Å². The number of ether oxygens (including phenoxy) is 1. The fraction of sp³-hybridized carbons (Fsp3) is 0.529. The van der Waals surface area contributed by atoms with E-state index >= 15 is 0 Å². The van der Waals surface area contributed by atoms with Crippen LogP contribution < -0.4 is 4.90 Å². The molecule has 1 fully saturated rings. The Balaban J connectivity index is 1.77. The molecular formula is C17H19F2N5O2. The van der Waals surface area contributed by atoms with Gasteiger partial charge in [-0.25, -0.2) is 9.97 Å². The van der Waals surface area contributed by atoms with Gasteiger partial charge < -0.3 is 9.64 Å². The van der Waals surface area contributed by atoms with E-state index in [2.05, 4.69) is 19.8 Å². The molecule has 0 amide bonds. The molecule has 2 aromatic heterocycles. The van der Waals surface area contributed by atoms with Crippen molar-refractivity contribution in [2.24, 2.45) is 0 Å². The molecular weight excluding hydrogens is 344 g/mol. The van der Waals surface area contributed by atoms with Gasteiger partial charge >= 0.3 is 5.97 Å². The first kappa shape index (κ1) is 16.9. The fourth-order valence-electron chi connectivity index (χ4n) is 3.36. The van der Waals surface area contributed by atoms with Gasteiger partial charge in [0.25, 0.3) is 5.92 Å². The molecule has 4 rings (SSSR count). The molecule has 0 saturated carbocycles. The summed E-state index contributed by atoms with van der Waals surface area (Å²) in [5.41, 5.74) is 1.35. The summed E-state index contributed by atoms with van der Waals surface area (Å²) in [6.07, 6.45) is 4.10. The van der Waals surface area contributed by atoms with Gasteiger partial charge in [0.05, 0.1) is 19.0 Å². The van der Waals surface area contributed by atoms with Crippen molar-refractivity contribution in [1.82, 2.24) is 19.7 Å². The van der Waals surface area contributed by atoms with Crippen LogP contribution in [0.2, 0.25) is 0 Å². The lowest BCUT2D eigenvalue weighted by Crippen LogP contribution is -2.47. The zero-order valence-corrected chi connectivity index (χ0v) is 14.6. The van der Waals surface area contributed by atoms with Crippen LogP contribution in [-0.4, -0.2) is 45.4 Å². The third-order valence-corrected chi connectivity index (χ3v) is 5.03. The number of hydrogen-bond donors (Lipinski definition) is 0. The minimum atomic E-state index is -2.95. The lowest BCUT2D eigenvalue weighted by atomic mass is 10.1. The number of carbonyl (C=O) groups excluding carboxylic acids is 1. The summed E-state index contributed by atoms with van der Waals surface area (Å²) in [5.74, 6) is -3.05. The Morgan fingerprint density at radius 2 is 2.23 bits per heavy atom. The lowest BCUT2D eigenvalue weighted by molar-refractivity contribution is -0.141. The second-order valence-electron chi connectivity index (χ2n) is 6.74. The Bertz CT molecular complexity index is 867. The highest BCUT2D eigenvalue weighted by Gasteiger charge is 2.44. The molecule has 9 heteroatoms. The number of methoxy groups -OCH3 is 1. The molecule has 1 atom stereocenters. The first-order chi connectivity index (χ1) is 12.4. The zero-order valence-electron chi connectivity index (χ0n) is 14.6. The summed E-state index contributed by atoms with van der Waals surface area (Å²) >= 11 is 0. The summed E-state index contributed by atoms with van der Waals surface area (Å²) in [7, 11) is 1.30. The number of halogens is 2. The van der Waals surface area contributed by atoms with Crippen LogP contribution in [0.1, 0.15) is 31.0 Å². The molecule has 1 saturated heterocycles. The summed E-state index contributed by atoms with van der Waals surface area (Å²) in [5, 5.41) is 4.12. The van der Waals surface area contributed by atoms with Gasteiger partial charge in [-0.3, -0.25) is 9.48 Å². The van der Waals surface area contributed by atoms with E-state index in [0.29, 0.717) is 22.8 Å². The molecule has 138 valence electrons. The topological polar surface area (TPSA) is 73.1 Å². The van der Waals surface area contributed by atoms with Gasteiger partial charge in [0, 0.05) is 36.3 Å². The predicted octanol–water partition coefficient (Wildman–Crippen LogP) is 2.15.